The molecule has 2 fully saturated rings. The molecule has 0 bridgehead atoms. The molecule has 1 N–H and O–H groups in total. The fourth-order valence-corrected chi connectivity index (χ4v) is 4.27. The fourth-order valence-electron chi connectivity index (χ4n) is 3.58. The van der Waals surface area contributed by atoms with Crippen molar-refractivity contribution in [1.82, 2.24) is 9.88 Å². The number of hydrogen-bond donors (Lipinski definition) is 1. The van der Waals surface area contributed by atoms with E-state index in [4.69, 9.17) is 4.74 Å². The second-order valence-electron chi connectivity index (χ2n) is 6.65. The Labute approximate surface area is 136 Å². The first-order chi connectivity index (χ1) is 10.6. The van der Waals surface area contributed by atoms with Crippen molar-refractivity contribution in [3.05, 3.63) is 11.1 Å². The summed E-state index contributed by atoms with van der Waals surface area (Å²) in [5.41, 5.74) is 1.31. The summed E-state index contributed by atoms with van der Waals surface area (Å²) >= 11 is 1.49. The lowest BCUT2D eigenvalue weighted by molar-refractivity contribution is -0.123. The van der Waals surface area contributed by atoms with Gasteiger partial charge in [0.1, 0.15) is 0 Å². The molecule has 1 aromatic rings. The minimum absolute atomic E-state index is 0.0541. The average Bonchev–Trinajstić information content (AvgIpc) is 2.92. The molecule has 5 nitrogen and oxygen atoms in total. The maximum absolute atomic E-state index is 12.5. The molecule has 1 spiro atoms. The van der Waals surface area contributed by atoms with Crippen LogP contribution in [0, 0.1) is 12.3 Å². The van der Waals surface area contributed by atoms with E-state index in [1.165, 1.54) is 24.2 Å². The summed E-state index contributed by atoms with van der Waals surface area (Å²) in [7, 11) is 0. The Bertz CT molecular complexity index is 520. The van der Waals surface area contributed by atoms with Crippen molar-refractivity contribution in [2.24, 2.45) is 5.41 Å². The molecule has 6 heteroatoms. The molecule has 0 aliphatic carbocycles. The van der Waals surface area contributed by atoms with E-state index in [1.54, 1.807) is 0 Å². The number of carbonyl (C=O) groups is 1. The highest BCUT2D eigenvalue weighted by molar-refractivity contribution is 7.13. The maximum Gasteiger partial charge on any atom is 0.243 e. The summed E-state index contributed by atoms with van der Waals surface area (Å²) in [6, 6.07) is -0.107. The van der Waals surface area contributed by atoms with E-state index in [1.807, 2.05) is 19.2 Å². The topological polar surface area (TPSA) is 54.5 Å². The molecule has 2 aliphatic rings. The maximum atomic E-state index is 12.5. The highest BCUT2D eigenvalue weighted by Gasteiger charge is 2.39. The van der Waals surface area contributed by atoms with E-state index in [9.17, 15) is 4.79 Å². The van der Waals surface area contributed by atoms with Crippen LogP contribution in [0.1, 0.15) is 38.3 Å². The Morgan fingerprint density at radius 2 is 2.23 bits per heavy atom. The molecule has 122 valence electrons. The molecule has 1 amide bonds. The molecule has 3 rings (SSSR count). The molecule has 22 heavy (non-hydrogen) atoms. The quantitative estimate of drug-likeness (QED) is 0.929. The lowest BCUT2D eigenvalue weighted by atomic mass is 9.73. The summed E-state index contributed by atoms with van der Waals surface area (Å²) in [5.74, 6) is 0.0541. The van der Waals surface area contributed by atoms with Gasteiger partial charge in [0.15, 0.2) is 5.13 Å². The summed E-state index contributed by atoms with van der Waals surface area (Å²) in [6.45, 7) is 7.71. The molecular formula is C16H25N3O2S. The van der Waals surface area contributed by atoms with Crippen molar-refractivity contribution in [3.8, 4) is 0 Å². The monoisotopic (exact) mass is 323 g/mol. The van der Waals surface area contributed by atoms with Crippen LogP contribution in [0.3, 0.4) is 0 Å². The first-order valence-corrected chi connectivity index (χ1v) is 9.01. The molecule has 1 atom stereocenters. The normalized spacial score (nSPS) is 23.4. The summed E-state index contributed by atoms with van der Waals surface area (Å²) in [4.78, 5) is 19.1. The molecule has 2 aliphatic heterocycles. The molecule has 0 aromatic carbocycles. The number of piperidine rings is 1. The van der Waals surface area contributed by atoms with Gasteiger partial charge in [0.25, 0.3) is 0 Å². The number of thiazole rings is 1. The largest absolute Gasteiger partial charge is 0.381 e. The number of aryl methyl sites for hydroxylation is 1. The van der Waals surface area contributed by atoms with Gasteiger partial charge < -0.3 is 10.1 Å². The third-order valence-electron chi connectivity index (χ3n) is 5.02. The Morgan fingerprint density at radius 1 is 1.45 bits per heavy atom. The molecule has 1 aromatic heterocycles. The number of ether oxygens (including phenoxy) is 1. The zero-order chi connectivity index (χ0) is 15.6. The number of amides is 1. The van der Waals surface area contributed by atoms with E-state index in [2.05, 4.69) is 15.2 Å². The van der Waals surface area contributed by atoms with Gasteiger partial charge in [0.2, 0.25) is 5.91 Å². The van der Waals surface area contributed by atoms with Gasteiger partial charge in [-0.3, -0.25) is 9.69 Å². The highest BCUT2D eigenvalue weighted by atomic mass is 32.1. The highest BCUT2D eigenvalue weighted by Crippen LogP contribution is 2.39. The van der Waals surface area contributed by atoms with Crippen LogP contribution in [0.4, 0.5) is 5.13 Å². The molecular weight excluding hydrogens is 298 g/mol. The van der Waals surface area contributed by atoms with Crippen molar-refractivity contribution < 1.29 is 9.53 Å². The van der Waals surface area contributed by atoms with E-state index in [0.29, 0.717) is 10.5 Å². The number of nitrogens with one attached hydrogen (secondary N) is 1. The van der Waals surface area contributed by atoms with Crippen LogP contribution >= 0.6 is 11.3 Å². The second kappa shape index (κ2) is 6.64. The van der Waals surface area contributed by atoms with Crippen molar-refractivity contribution >= 4 is 22.4 Å². The first-order valence-electron chi connectivity index (χ1n) is 8.13. The summed E-state index contributed by atoms with van der Waals surface area (Å²) in [6.07, 6.45) is 4.70. The van der Waals surface area contributed by atoms with Crippen molar-refractivity contribution in [2.75, 3.05) is 31.6 Å². The van der Waals surface area contributed by atoms with Gasteiger partial charge in [-0.05, 0) is 51.5 Å². The Morgan fingerprint density at radius 3 is 2.91 bits per heavy atom. The number of hydrogen-bond acceptors (Lipinski definition) is 5. The number of anilines is 1. The van der Waals surface area contributed by atoms with E-state index in [-0.39, 0.29) is 11.9 Å². The van der Waals surface area contributed by atoms with E-state index < -0.39 is 0 Å². The average molecular weight is 323 g/mol. The van der Waals surface area contributed by atoms with Crippen molar-refractivity contribution in [2.45, 2.75) is 45.6 Å². The summed E-state index contributed by atoms with van der Waals surface area (Å²) in [5, 5.41) is 5.61. The van der Waals surface area contributed by atoms with Crippen LogP contribution in [0.25, 0.3) is 0 Å². The van der Waals surface area contributed by atoms with E-state index >= 15 is 0 Å². The van der Waals surface area contributed by atoms with Crippen LogP contribution in [0.5, 0.6) is 0 Å². The van der Waals surface area contributed by atoms with Gasteiger partial charge in [0, 0.05) is 25.1 Å². The SMILES string of the molecule is Cc1csc(NC(=O)[C@H](C)N2CCCC3(CCOCC3)C2)n1. The van der Waals surface area contributed by atoms with Gasteiger partial charge >= 0.3 is 0 Å². The molecule has 0 radical (unpaired) electrons. The van der Waals surface area contributed by atoms with Gasteiger partial charge in [-0.15, -0.1) is 11.3 Å². The number of likely N-dealkylation sites (tertiary alicyclic amines) is 1. The molecule has 2 saturated heterocycles. The predicted molar refractivity (Wildman–Crippen MR) is 88.2 cm³/mol. The van der Waals surface area contributed by atoms with Gasteiger partial charge in [-0.25, -0.2) is 4.98 Å². The van der Waals surface area contributed by atoms with E-state index in [0.717, 1.165) is 44.8 Å². The van der Waals surface area contributed by atoms with Gasteiger partial charge in [-0.2, -0.15) is 0 Å². The van der Waals surface area contributed by atoms with Crippen LogP contribution in [-0.4, -0.2) is 48.1 Å². The number of nitrogens with zero attached hydrogens (tertiary/aromatic N) is 2. The first kappa shape index (κ1) is 15.9. The van der Waals surface area contributed by atoms with Gasteiger partial charge in [0.05, 0.1) is 11.7 Å². The molecule has 0 unspecified atom stereocenters. The van der Waals surface area contributed by atoms with Crippen molar-refractivity contribution in [3.63, 3.8) is 0 Å². The fraction of sp³-hybridized carbons (Fsp3) is 0.750. The minimum Gasteiger partial charge on any atom is -0.381 e. The zero-order valence-corrected chi connectivity index (χ0v) is 14.2. The second-order valence-corrected chi connectivity index (χ2v) is 7.50. The molecule has 0 saturated carbocycles. The number of carbonyl (C=O) groups excluding carboxylic acids is 1. The van der Waals surface area contributed by atoms with Crippen LogP contribution in [0.15, 0.2) is 5.38 Å². The third-order valence-corrected chi connectivity index (χ3v) is 5.90. The minimum atomic E-state index is -0.107. The Hall–Kier alpha value is -0.980. The lowest BCUT2D eigenvalue weighted by Crippen LogP contribution is -2.52. The Kier molecular flexibility index (Phi) is 4.80. The van der Waals surface area contributed by atoms with Gasteiger partial charge in [-0.1, -0.05) is 0 Å². The standard InChI is InChI=1S/C16H25N3O2S/c1-12-10-22-15(17-12)18-14(20)13(2)19-7-3-4-16(11-19)5-8-21-9-6-16/h10,13H,3-9,11H2,1-2H3,(H,17,18,20)/t13-/m0/s1. The Balaban J connectivity index is 1.61. The predicted octanol–water partition coefficient (Wildman–Crippen LogP) is 2.67. The number of aromatic nitrogens is 1. The summed E-state index contributed by atoms with van der Waals surface area (Å²) < 4.78 is 5.52. The van der Waals surface area contributed by atoms with Crippen LogP contribution < -0.4 is 5.32 Å². The van der Waals surface area contributed by atoms with Crippen LogP contribution in [0.2, 0.25) is 0 Å². The zero-order valence-electron chi connectivity index (χ0n) is 13.4. The number of rotatable bonds is 3. The lowest BCUT2D eigenvalue weighted by Gasteiger charge is -2.46. The third kappa shape index (κ3) is 3.50. The van der Waals surface area contributed by atoms with Crippen LogP contribution in [-0.2, 0) is 9.53 Å². The molecule has 3 heterocycles. The smallest absolute Gasteiger partial charge is 0.243 e. The van der Waals surface area contributed by atoms with Crippen molar-refractivity contribution in [1.29, 1.82) is 0 Å².